The molecule has 1 heterocycles. The van der Waals surface area contributed by atoms with E-state index in [0.29, 0.717) is 12.2 Å². The Bertz CT molecular complexity index is 1250. The van der Waals surface area contributed by atoms with Crippen molar-refractivity contribution in [2.24, 2.45) is 5.10 Å². The molecule has 0 radical (unpaired) electrons. The van der Waals surface area contributed by atoms with Gasteiger partial charge in [0.1, 0.15) is 5.75 Å². The van der Waals surface area contributed by atoms with Crippen LogP contribution in [-0.4, -0.2) is 23.3 Å². The van der Waals surface area contributed by atoms with Gasteiger partial charge in [0, 0.05) is 34.3 Å². The molecular formula is C27H27N3O2. The average molecular weight is 426 g/mol. The molecule has 0 fully saturated rings. The molecule has 0 aliphatic heterocycles. The van der Waals surface area contributed by atoms with Crippen molar-refractivity contribution in [1.82, 2.24) is 9.99 Å². The van der Waals surface area contributed by atoms with Crippen LogP contribution in [0.1, 0.15) is 39.7 Å². The van der Waals surface area contributed by atoms with Crippen molar-refractivity contribution < 1.29 is 9.53 Å². The van der Waals surface area contributed by atoms with Crippen LogP contribution in [0.15, 0.2) is 77.9 Å². The summed E-state index contributed by atoms with van der Waals surface area (Å²) in [5, 5.41) is 5.36. The topological polar surface area (TPSA) is 55.6 Å². The maximum Gasteiger partial charge on any atom is 0.271 e. The van der Waals surface area contributed by atoms with E-state index in [1.54, 1.807) is 30.5 Å². The standard InChI is InChI=1S/C27H27N3O2/c1-4-32-23-15-13-22(14-16-23)27(31)29-28-17-25-20(3)30(26-8-6-5-7-24(25)26)18-21-11-9-19(2)10-12-21/h5-17H,4,18H2,1-3H3,(H,29,31)/b28-17+. The molecule has 0 saturated carbocycles. The van der Waals surface area contributed by atoms with E-state index in [4.69, 9.17) is 4.74 Å². The van der Waals surface area contributed by atoms with Gasteiger partial charge in [0.05, 0.1) is 12.8 Å². The number of nitrogens with zero attached hydrogens (tertiary/aromatic N) is 2. The molecule has 4 aromatic rings. The van der Waals surface area contributed by atoms with Crippen molar-refractivity contribution >= 4 is 23.0 Å². The van der Waals surface area contributed by atoms with Gasteiger partial charge in [-0.3, -0.25) is 4.79 Å². The first kappa shape index (κ1) is 21.4. The molecule has 0 aliphatic rings. The number of nitrogens with one attached hydrogen (secondary N) is 1. The van der Waals surface area contributed by atoms with Crippen LogP contribution in [0.5, 0.6) is 5.75 Å². The minimum Gasteiger partial charge on any atom is -0.494 e. The first-order valence-corrected chi connectivity index (χ1v) is 10.8. The number of aromatic nitrogens is 1. The summed E-state index contributed by atoms with van der Waals surface area (Å²) >= 11 is 0. The maximum atomic E-state index is 12.5. The third-order valence-corrected chi connectivity index (χ3v) is 5.53. The highest BCUT2D eigenvalue weighted by molar-refractivity contribution is 6.02. The molecule has 1 aromatic heterocycles. The normalized spacial score (nSPS) is 11.2. The molecule has 4 rings (SSSR count). The molecule has 5 nitrogen and oxygen atoms in total. The fraction of sp³-hybridized carbons (Fsp3) is 0.185. The fourth-order valence-electron chi connectivity index (χ4n) is 3.79. The van der Waals surface area contributed by atoms with Crippen LogP contribution in [0.4, 0.5) is 0 Å². The number of carbonyl (C=O) groups is 1. The molecule has 0 spiro atoms. The number of aryl methyl sites for hydroxylation is 1. The number of hydrogen-bond acceptors (Lipinski definition) is 3. The molecule has 0 saturated heterocycles. The minimum atomic E-state index is -0.259. The molecule has 162 valence electrons. The first-order chi connectivity index (χ1) is 15.6. The van der Waals surface area contributed by atoms with Gasteiger partial charge in [-0.2, -0.15) is 5.10 Å². The van der Waals surface area contributed by atoms with Gasteiger partial charge in [0.15, 0.2) is 0 Å². The van der Waals surface area contributed by atoms with Crippen molar-refractivity contribution in [3.05, 3.63) is 101 Å². The minimum absolute atomic E-state index is 0.259. The van der Waals surface area contributed by atoms with Crippen LogP contribution in [-0.2, 0) is 6.54 Å². The Kier molecular flexibility index (Phi) is 6.36. The molecule has 5 heteroatoms. The number of rotatable bonds is 7. The monoisotopic (exact) mass is 425 g/mol. The van der Waals surface area contributed by atoms with E-state index >= 15 is 0 Å². The molecule has 3 aromatic carbocycles. The Morgan fingerprint density at radius 2 is 1.72 bits per heavy atom. The van der Waals surface area contributed by atoms with Crippen LogP contribution in [0.3, 0.4) is 0 Å². The van der Waals surface area contributed by atoms with Crippen molar-refractivity contribution in [2.45, 2.75) is 27.3 Å². The Morgan fingerprint density at radius 1 is 1.00 bits per heavy atom. The van der Waals surface area contributed by atoms with E-state index < -0.39 is 0 Å². The summed E-state index contributed by atoms with van der Waals surface area (Å²) in [7, 11) is 0. The van der Waals surface area contributed by atoms with Crippen LogP contribution >= 0.6 is 0 Å². The molecule has 1 amide bonds. The molecular weight excluding hydrogens is 398 g/mol. The summed E-state index contributed by atoms with van der Waals surface area (Å²) < 4.78 is 7.71. The number of carbonyl (C=O) groups excluding carboxylic acids is 1. The maximum absolute atomic E-state index is 12.5. The predicted molar refractivity (Wildman–Crippen MR) is 130 cm³/mol. The number of ether oxygens (including phenoxy) is 1. The first-order valence-electron chi connectivity index (χ1n) is 10.8. The Morgan fingerprint density at radius 3 is 2.44 bits per heavy atom. The summed E-state index contributed by atoms with van der Waals surface area (Å²) in [5.74, 6) is 0.481. The van der Waals surface area contributed by atoms with Gasteiger partial charge in [-0.1, -0.05) is 48.0 Å². The molecule has 0 bridgehead atoms. The molecule has 0 aliphatic carbocycles. The van der Waals surface area contributed by atoms with Crippen LogP contribution in [0.2, 0.25) is 0 Å². The number of para-hydroxylation sites is 1. The second-order valence-corrected chi connectivity index (χ2v) is 7.74. The number of benzene rings is 3. The zero-order valence-corrected chi connectivity index (χ0v) is 18.6. The lowest BCUT2D eigenvalue weighted by Gasteiger charge is -2.09. The second-order valence-electron chi connectivity index (χ2n) is 7.74. The van der Waals surface area contributed by atoms with Crippen molar-refractivity contribution in [1.29, 1.82) is 0 Å². The lowest BCUT2D eigenvalue weighted by molar-refractivity contribution is 0.0955. The summed E-state index contributed by atoms with van der Waals surface area (Å²) in [4.78, 5) is 12.5. The third-order valence-electron chi connectivity index (χ3n) is 5.53. The van der Waals surface area contributed by atoms with Crippen molar-refractivity contribution in [3.63, 3.8) is 0 Å². The van der Waals surface area contributed by atoms with E-state index in [2.05, 4.69) is 65.3 Å². The predicted octanol–water partition coefficient (Wildman–Crippen LogP) is 5.47. The van der Waals surface area contributed by atoms with Gasteiger partial charge < -0.3 is 9.30 Å². The zero-order valence-electron chi connectivity index (χ0n) is 18.6. The summed E-state index contributed by atoms with van der Waals surface area (Å²) in [6.07, 6.45) is 1.73. The number of hydrazone groups is 1. The fourth-order valence-corrected chi connectivity index (χ4v) is 3.79. The van der Waals surface area contributed by atoms with Crippen LogP contribution in [0.25, 0.3) is 10.9 Å². The third kappa shape index (κ3) is 4.57. The van der Waals surface area contributed by atoms with Crippen molar-refractivity contribution in [2.75, 3.05) is 6.61 Å². The number of fused-ring (bicyclic) bond motifs is 1. The van der Waals surface area contributed by atoms with E-state index in [-0.39, 0.29) is 5.91 Å². The van der Waals surface area contributed by atoms with E-state index in [1.165, 1.54) is 11.1 Å². The van der Waals surface area contributed by atoms with Gasteiger partial charge in [0.25, 0.3) is 5.91 Å². The highest BCUT2D eigenvalue weighted by Crippen LogP contribution is 2.25. The van der Waals surface area contributed by atoms with Gasteiger partial charge >= 0.3 is 0 Å². The lowest BCUT2D eigenvalue weighted by Crippen LogP contribution is -2.17. The summed E-state index contributed by atoms with van der Waals surface area (Å²) in [6, 6.07) is 23.9. The Hall–Kier alpha value is -3.86. The average Bonchev–Trinajstić information content (AvgIpc) is 3.07. The van der Waals surface area contributed by atoms with E-state index in [9.17, 15) is 4.79 Å². The SMILES string of the molecule is CCOc1ccc(C(=O)N/N=C/c2c(C)n(Cc3ccc(C)cc3)c3ccccc23)cc1. The number of amides is 1. The summed E-state index contributed by atoms with van der Waals surface area (Å²) in [6.45, 7) is 7.47. The number of hydrogen-bond donors (Lipinski definition) is 1. The smallest absolute Gasteiger partial charge is 0.271 e. The zero-order chi connectivity index (χ0) is 22.5. The second kappa shape index (κ2) is 9.52. The van der Waals surface area contributed by atoms with Gasteiger partial charge in [-0.25, -0.2) is 5.43 Å². The van der Waals surface area contributed by atoms with Gasteiger partial charge in [-0.15, -0.1) is 0 Å². The quantitative estimate of drug-likeness (QED) is 0.315. The highest BCUT2D eigenvalue weighted by Gasteiger charge is 2.13. The van der Waals surface area contributed by atoms with Crippen LogP contribution < -0.4 is 10.2 Å². The molecule has 0 atom stereocenters. The van der Waals surface area contributed by atoms with E-state index in [1.807, 2.05) is 19.1 Å². The molecule has 0 unspecified atom stereocenters. The summed E-state index contributed by atoms with van der Waals surface area (Å²) in [5.41, 5.74) is 8.91. The Balaban J connectivity index is 1.56. The Labute approximate surface area is 188 Å². The largest absolute Gasteiger partial charge is 0.494 e. The van der Waals surface area contributed by atoms with Gasteiger partial charge in [0.2, 0.25) is 0 Å². The highest BCUT2D eigenvalue weighted by atomic mass is 16.5. The molecule has 32 heavy (non-hydrogen) atoms. The van der Waals surface area contributed by atoms with E-state index in [0.717, 1.165) is 34.5 Å². The van der Waals surface area contributed by atoms with Crippen LogP contribution in [0, 0.1) is 13.8 Å². The lowest BCUT2D eigenvalue weighted by atomic mass is 10.1. The molecule has 1 N–H and O–H groups in total. The van der Waals surface area contributed by atoms with Gasteiger partial charge in [-0.05, 0) is 56.7 Å². The van der Waals surface area contributed by atoms with Crippen molar-refractivity contribution in [3.8, 4) is 5.75 Å².